The zero-order valence-corrected chi connectivity index (χ0v) is 17.1. The Morgan fingerprint density at radius 3 is 2.45 bits per heavy atom. The summed E-state index contributed by atoms with van der Waals surface area (Å²) in [7, 11) is 0. The van der Waals surface area contributed by atoms with Gasteiger partial charge in [-0.2, -0.15) is 5.10 Å². The fourth-order valence-electron chi connectivity index (χ4n) is 3.25. The summed E-state index contributed by atoms with van der Waals surface area (Å²) in [5.41, 5.74) is 3.75. The average molecular weight is 441 g/mol. The molecule has 0 saturated carbocycles. The molecule has 3 aromatic heterocycles. The number of hydrogen-bond acceptors (Lipinski definition) is 3. The molecule has 3 heterocycles. The van der Waals surface area contributed by atoms with Crippen molar-refractivity contribution in [3.05, 3.63) is 88.3 Å². The lowest BCUT2D eigenvalue weighted by Gasteiger charge is -2.09. The molecule has 0 aliphatic carbocycles. The zero-order chi connectivity index (χ0) is 20.0. The largest absolute Gasteiger partial charge is 0.296 e. The Labute approximate surface area is 181 Å². The minimum absolute atomic E-state index is 0.552. The fraction of sp³-hybridized carbons (Fsp3) is 0. The van der Waals surface area contributed by atoms with Crippen molar-refractivity contribution < 1.29 is 0 Å². The summed E-state index contributed by atoms with van der Waals surface area (Å²) >= 11 is 18.8. The minimum Gasteiger partial charge on any atom is -0.296 e. The van der Waals surface area contributed by atoms with Gasteiger partial charge in [-0.05, 0) is 54.6 Å². The van der Waals surface area contributed by atoms with Gasteiger partial charge in [0.15, 0.2) is 5.82 Å². The molecule has 29 heavy (non-hydrogen) atoms. The molecule has 8 heteroatoms. The molecule has 0 N–H and O–H groups in total. The van der Waals surface area contributed by atoms with Gasteiger partial charge >= 0.3 is 0 Å². The molecule has 142 valence electrons. The molecular weight excluding hydrogens is 429 g/mol. The lowest BCUT2D eigenvalue weighted by atomic mass is 10.1. The normalized spacial score (nSPS) is 11.3. The van der Waals surface area contributed by atoms with Crippen LogP contribution in [0.4, 0.5) is 0 Å². The van der Waals surface area contributed by atoms with E-state index in [2.05, 4.69) is 10.1 Å². The van der Waals surface area contributed by atoms with Crippen molar-refractivity contribution >= 4 is 40.4 Å². The van der Waals surface area contributed by atoms with Crippen LogP contribution in [-0.2, 0) is 0 Å². The molecule has 0 atom stereocenters. The van der Waals surface area contributed by atoms with Crippen LogP contribution in [0.2, 0.25) is 15.1 Å². The van der Waals surface area contributed by atoms with Crippen molar-refractivity contribution in [3.8, 4) is 28.5 Å². The van der Waals surface area contributed by atoms with Crippen molar-refractivity contribution in [1.82, 2.24) is 24.1 Å². The molecule has 0 amide bonds. The Hall–Kier alpha value is -2.86. The van der Waals surface area contributed by atoms with Gasteiger partial charge in [0.1, 0.15) is 23.4 Å². The molecule has 0 aliphatic rings. The van der Waals surface area contributed by atoms with Gasteiger partial charge in [-0.25, -0.2) is 14.6 Å². The number of hydrogen-bond donors (Lipinski definition) is 0. The first kappa shape index (κ1) is 18.2. The Kier molecular flexibility index (Phi) is 4.51. The molecule has 0 unspecified atom stereocenters. The second kappa shape index (κ2) is 7.19. The van der Waals surface area contributed by atoms with Crippen molar-refractivity contribution in [2.75, 3.05) is 0 Å². The first-order valence-corrected chi connectivity index (χ1v) is 9.84. The highest BCUT2D eigenvalue weighted by molar-refractivity contribution is 6.35. The Morgan fingerprint density at radius 1 is 0.828 bits per heavy atom. The number of pyridine rings is 1. The van der Waals surface area contributed by atoms with Gasteiger partial charge in [-0.3, -0.25) is 4.40 Å². The number of halogens is 3. The van der Waals surface area contributed by atoms with Gasteiger partial charge in [0.05, 0.1) is 10.7 Å². The second-order valence-electron chi connectivity index (χ2n) is 6.33. The van der Waals surface area contributed by atoms with E-state index < -0.39 is 0 Å². The standard InChI is InChI=1S/C21H12Cl3N5/c22-13-4-7-15(8-5-13)29-21(25-12-26-29)20-19(16-11-14(23)6-9-17(16)24)27-18-3-1-2-10-28(18)20/h1-12H. The number of rotatable bonds is 3. The van der Waals surface area contributed by atoms with Crippen LogP contribution in [0.3, 0.4) is 0 Å². The summed E-state index contributed by atoms with van der Waals surface area (Å²) in [4.78, 5) is 9.34. The van der Waals surface area contributed by atoms with Crippen molar-refractivity contribution in [2.45, 2.75) is 0 Å². The van der Waals surface area contributed by atoms with E-state index in [0.29, 0.717) is 26.6 Å². The molecule has 5 rings (SSSR count). The van der Waals surface area contributed by atoms with Crippen molar-refractivity contribution in [1.29, 1.82) is 0 Å². The first-order valence-electron chi connectivity index (χ1n) is 8.70. The van der Waals surface area contributed by atoms with Crippen LogP contribution in [0.5, 0.6) is 0 Å². The van der Waals surface area contributed by atoms with Crippen LogP contribution in [0.1, 0.15) is 0 Å². The minimum atomic E-state index is 0.552. The third-order valence-electron chi connectivity index (χ3n) is 4.54. The third kappa shape index (κ3) is 3.17. The Bertz CT molecular complexity index is 1340. The zero-order valence-electron chi connectivity index (χ0n) is 14.8. The summed E-state index contributed by atoms with van der Waals surface area (Å²) in [5.74, 6) is 0.622. The summed E-state index contributed by atoms with van der Waals surface area (Å²) in [5, 5.41) is 6.19. The second-order valence-corrected chi connectivity index (χ2v) is 7.61. The van der Waals surface area contributed by atoms with Crippen LogP contribution in [0.15, 0.2) is 73.2 Å². The van der Waals surface area contributed by atoms with Crippen LogP contribution in [0, 0.1) is 0 Å². The molecule has 0 fully saturated rings. The van der Waals surface area contributed by atoms with Crippen LogP contribution < -0.4 is 0 Å². The predicted octanol–water partition coefficient (Wildman–Crippen LogP) is 6.21. The number of fused-ring (bicyclic) bond motifs is 1. The lowest BCUT2D eigenvalue weighted by molar-refractivity contribution is 0.881. The Morgan fingerprint density at radius 2 is 1.62 bits per heavy atom. The molecular formula is C21H12Cl3N5. The fourth-order valence-corrected chi connectivity index (χ4v) is 3.76. The van der Waals surface area contributed by atoms with E-state index in [-0.39, 0.29) is 0 Å². The maximum absolute atomic E-state index is 6.50. The first-order chi connectivity index (χ1) is 14.1. The van der Waals surface area contributed by atoms with E-state index in [1.165, 1.54) is 6.33 Å². The molecule has 0 bridgehead atoms. The van der Waals surface area contributed by atoms with Gasteiger partial charge in [-0.1, -0.05) is 40.9 Å². The maximum atomic E-state index is 6.50. The summed E-state index contributed by atoms with van der Waals surface area (Å²) < 4.78 is 3.71. The van der Waals surface area contributed by atoms with Gasteiger partial charge in [-0.15, -0.1) is 0 Å². The van der Waals surface area contributed by atoms with E-state index >= 15 is 0 Å². The lowest BCUT2D eigenvalue weighted by Crippen LogP contribution is -2.02. The van der Waals surface area contributed by atoms with E-state index in [1.807, 2.05) is 53.1 Å². The van der Waals surface area contributed by atoms with Crippen molar-refractivity contribution in [2.24, 2.45) is 0 Å². The number of nitrogens with zero attached hydrogens (tertiary/aromatic N) is 5. The SMILES string of the molecule is Clc1ccc(-n2ncnc2-c2c(-c3cc(Cl)ccc3Cl)nc3ccccn23)cc1. The highest BCUT2D eigenvalue weighted by Gasteiger charge is 2.22. The van der Waals surface area contributed by atoms with E-state index in [4.69, 9.17) is 39.8 Å². The van der Waals surface area contributed by atoms with Gasteiger partial charge < -0.3 is 0 Å². The van der Waals surface area contributed by atoms with E-state index in [1.54, 1.807) is 22.9 Å². The number of benzene rings is 2. The monoisotopic (exact) mass is 439 g/mol. The number of aromatic nitrogens is 5. The molecule has 0 aliphatic heterocycles. The highest BCUT2D eigenvalue weighted by atomic mass is 35.5. The van der Waals surface area contributed by atoms with Gasteiger partial charge in [0.2, 0.25) is 0 Å². The van der Waals surface area contributed by atoms with E-state index in [9.17, 15) is 0 Å². The van der Waals surface area contributed by atoms with Gasteiger partial charge in [0, 0.05) is 21.8 Å². The molecule has 5 nitrogen and oxygen atoms in total. The highest BCUT2D eigenvalue weighted by Crippen LogP contribution is 2.37. The van der Waals surface area contributed by atoms with Crippen LogP contribution in [0.25, 0.3) is 34.1 Å². The van der Waals surface area contributed by atoms with Gasteiger partial charge in [0.25, 0.3) is 0 Å². The van der Waals surface area contributed by atoms with Crippen molar-refractivity contribution in [3.63, 3.8) is 0 Å². The summed E-state index contributed by atoms with van der Waals surface area (Å²) in [6.45, 7) is 0. The maximum Gasteiger partial charge on any atom is 0.182 e. The predicted molar refractivity (Wildman–Crippen MR) is 116 cm³/mol. The number of imidazole rings is 1. The third-order valence-corrected chi connectivity index (χ3v) is 5.36. The molecule has 0 radical (unpaired) electrons. The topological polar surface area (TPSA) is 48.0 Å². The molecule has 0 saturated heterocycles. The summed E-state index contributed by atoms with van der Waals surface area (Å²) in [6, 6.07) is 18.5. The Balaban J connectivity index is 1.82. The van der Waals surface area contributed by atoms with Crippen LogP contribution in [-0.4, -0.2) is 24.1 Å². The molecule has 5 aromatic rings. The smallest absolute Gasteiger partial charge is 0.182 e. The molecule has 0 spiro atoms. The van der Waals surface area contributed by atoms with E-state index in [0.717, 1.165) is 22.6 Å². The summed E-state index contributed by atoms with van der Waals surface area (Å²) in [6.07, 6.45) is 3.44. The quantitative estimate of drug-likeness (QED) is 0.335. The van der Waals surface area contributed by atoms with Crippen LogP contribution >= 0.6 is 34.8 Å². The molecule has 2 aromatic carbocycles. The average Bonchev–Trinajstić information content (AvgIpc) is 3.34.